The van der Waals surface area contributed by atoms with Crippen LogP contribution in [0.15, 0.2) is 18.2 Å². The van der Waals surface area contributed by atoms with Crippen LogP contribution in [0.3, 0.4) is 0 Å². The van der Waals surface area contributed by atoms with Crippen molar-refractivity contribution in [2.45, 2.75) is 51.7 Å². The van der Waals surface area contributed by atoms with E-state index < -0.39 is 0 Å². The lowest BCUT2D eigenvalue weighted by molar-refractivity contribution is 0.0832. The molecule has 0 amide bonds. The third kappa shape index (κ3) is 3.18. The van der Waals surface area contributed by atoms with E-state index in [1.165, 1.54) is 18.2 Å². The first-order valence-corrected chi connectivity index (χ1v) is 7.50. The fourth-order valence-electron chi connectivity index (χ4n) is 3.03. The molecular weight excluding hydrogens is 258 g/mol. The molecule has 1 aliphatic rings. The van der Waals surface area contributed by atoms with Gasteiger partial charge in [-0.05, 0) is 38.0 Å². The smallest absolute Gasteiger partial charge is 0.128 e. The molecule has 1 aromatic carbocycles. The topological polar surface area (TPSA) is 15.3 Å². The highest BCUT2D eigenvalue weighted by Crippen LogP contribution is 2.28. The molecule has 1 fully saturated rings. The molecule has 0 saturated carbocycles. The predicted octanol–water partition coefficient (Wildman–Crippen LogP) is 3.49. The zero-order valence-electron chi connectivity index (χ0n) is 12.5. The Labute approximate surface area is 120 Å². The number of nitrogens with one attached hydrogen (secondary N) is 1. The van der Waals surface area contributed by atoms with Crippen molar-refractivity contribution in [2.75, 3.05) is 13.1 Å². The molecule has 1 saturated heterocycles. The number of hydrogen-bond acceptors (Lipinski definition) is 2. The Morgan fingerprint density at radius 1 is 1.30 bits per heavy atom. The van der Waals surface area contributed by atoms with Crippen molar-refractivity contribution in [1.29, 1.82) is 0 Å². The Balaban J connectivity index is 2.24. The molecule has 20 heavy (non-hydrogen) atoms. The van der Waals surface area contributed by atoms with Crippen LogP contribution in [0, 0.1) is 11.6 Å². The van der Waals surface area contributed by atoms with Crippen LogP contribution < -0.4 is 5.32 Å². The molecule has 1 N–H and O–H groups in total. The summed E-state index contributed by atoms with van der Waals surface area (Å²) in [4.78, 5) is 2.31. The molecule has 0 radical (unpaired) electrons. The minimum absolute atomic E-state index is 0.105. The maximum atomic E-state index is 14.0. The lowest BCUT2D eigenvalue weighted by Gasteiger charge is -2.43. The van der Waals surface area contributed by atoms with Crippen molar-refractivity contribution in [3.63, 3.8) is 0 Å². The highest BCUT2D eigenvalue weighted by molar-refractivity contribution is 5.22. The van der Waals surface area contributed by atoms with Crippen LogP contribution in [0.2, 0.25) is 0 Å². The van der Waals surface area contributed by atoms with E-state index in [9.17, 15) is 8.78 Å². The number of hydrogen-bond donors (Lipinski definition) is 1. The maximum absolute atomic E-state index is 14.0. The zero-order valence-corrected chi connectivity index (χ0v) is 12.5. The lowest BCUT2D eigenvalue weighted by atomic mass is 9.98. The highest BCUT2D eigenvalue weighted by atomic mass is 19.1. The summed E-state index contributed by atoms with van der Waals surface area (Å²) in [5.41, 5.74) is 0.459. The summed E-state index contributed by atoms with van der Waals surface area (Å²) in [5.74, 6) is -0.691. The van der Waals surface area contributed by atoms with Crippen LogP contribution in [-0.2, 0) is 0 Å². The van der Waals surface area contributed by atoms with Crippen molar-refractivity contribution in [3.8, 4) is 0 Å². The number of nitrogens with zero attached hydrogens (tertiary/aromatic N) is 1. The molecule has 4 heteroatoms. The first-order chi connectivity index (χ1) is 9.56. The molecule has 1 aliphatic heterocycles. The quantitative estimate of drug-likeness (QED) is 0.909. The molecule has 1 heterocycles. The summed E-state index contributed by atoms with van der Waals surface area (Å²) in [6.07, 6.45) is 2.05. The van der Waals surface area contributed by atoms with Gasteiger partial charge in [0.05, 0.1) is 0 Å². The van der Waals surface area contributed by atoms with Gasteiger partial charge in [0.1, 0.15) is 11.6 Å². The van der Waals surface area contributed by atoms with Gasteiger partial charge in [0, 0.05) is 36.8 Å². The van der Waals surface area contributed by atoms with E-state index in [2.05, 4.69) is 24.1 Å². The molecule has 2 rings (SSSR count). The van der Waals surface area contributed by atoms with E-state index in [0.29, 0.717) is 17.6 Å². The van der Waals surface area contributed by atoms with Crippen LogP contribution in [0.4, 0.5) is 8.78 Å². The van der Waals surface area contributed by atoms with Gasteiger partial charge in [-0.25, -0.2) is 8.78 Å². The van der Waals surface area contributed by atoms with E-state index in [1.807, 2.05) is 6.92 Å². The Hall–Kier alpha value is -1.00. The third-order valence-corrected chi connectivity index (χ3v) is 4.41. The van der Waals surface area contributed by atoms with Gasteiger partial charge in [0.15, 0.2) is 0 Å². The Morgan fingerprint density at radius 3 is 2.70 bits per heavy atom. The molecule has 0 aliphatic carbocycles. The minimum Gasteiger partial charge on any atom is -0.311 e. The molecule has 1 aromatic rings. The minimum atomic E-state index is -0.372. The van der Waals surface area contributed by atoms with Crippen LogP contribution in [0.1, 0.15) is 45.2 Å². The number of halogens is 2. The summed E-state index contributed by atoms with van der Waals surface area (Å²) in [6.45, 7) is 8.05. The molecule has 2 nitrogen and oxygen atoms in total. The maximum Gasteiger partial charge on any atom is 0.128 e. The Morgan fingerprint density at radius 2 is 2.05 bits per heavy atom. The van der Waals surface area contributed by atoms with Crippen molar-refractivity contribution in [2.24, 2.45) is 0 Å². The van der Waals surface area contributed by atoms with Crippen LogP contribution in [-0.4, -0.2) is 30.1 Å². The van der Waals surface area contributed by atoms with Crippen LogP contribution in [0.5, 0.6) is 0 Å². The average molecular weight is 282 g/mol. The van der Waals surface area contributed by atoms with Gasteiger partial charge in [-0.2, -0.15) is 0 Å². The molecule has 3 unspecified atom stereocenters. The van der Waals surface area contributed by atoms with E-state index in [0.717, 1.165) is 25.9 Å². The number of benzene rings is 1. The predicted molar refractivity (Wildman–Crippen MR) is 77.6 cm³/mol. The van der Waals surface area contributed by atoms with E-state index >= 15 is 0 Å². The molecule has 112 valence electrons. The van der Waals surface area contributed by atoms with Gasteiger partial charge in [0.2, 0.25) is 0 Å². The van der Waals surface area contributed by atoms with E-state index in [1.54, 1.807) is 0 Å². The van der Waals surface area contributed by atoms with Crippen LogP contribution in [0.25, 0.3) is 0 Å². The SMILES string of the molecule is CCC1CN(C(C)c2cc(F)ccc2F)C(CC)CN1. The normalized spacial score (nSPS) is 25.6. The second-order valence-electron chi connectivity index (χ2n) is 5.61. The molecule has 0 aromatic heterocycles. The number of rotatable bonds is 4. The zero-order chi connectivity index (χ0) is 14.7. The van der Waals surface area contributed by atoms with Gasteiger partial charge >= 0.3 is 0 Å². The van der Waals surface area contributed by atoms with Gasteiger partial charge in [-0.3, -0.25) is 4.90 Å². The fraction of sp³-hybridized carbons (Fsp3) is 0.625. The standard InChI is InChI=1S/C16H24F2N2/c1-4-13-10-20(14(5-2)9-19-13)11(3)15-8-12(17)6-7-16(15)18/h6-8,11,13-14,19H,4-5,9-10H2,1-3H3. The summed E-state index contributed by atoms with van der Waals surface area (Å²) in [7, 11) is 0. The summed E-state index contributed by atoms with van der Waals surface area (Å²) >= 11 is 0. The van der Waals surface area contributed by atoms with E-state index in [4.69, 9.17) is 0 Å². The van der Waals surface area contributed by atoms with Crippen molar-refractivity contribution >= 4 is 0 Å². The first kappa shape index (κ1) is 15.4. The monoisotopic (exact) mass is 282 g/mol. The van der Waals surface area contributed by atoms with Gasteiger partial charge in [-0.1, -0.05) is 13.8 Å². The summed E-state index contributed by atoms with van der Waals surface area (Å²) in [6, 6.07) is 4.42. The van der Waals surface area contributed by atoms with Crippen molar-refractivity contribution in [1.82, 2.24) is 10.2 Å². The third-order valence-electron chi connectivity index (χ3n) is 4.41. The van der Waals surface area contributed by atoms with Gasteiger partial charge in [-0.15, -0.1) is 0 Å². The second kappa shape index (κ2) is 6.64. The van der Waals surface area contributed by atoms with E-state index in [-0.39, 0.29) is 17.7 Å². The number of piperazine rings is 1. The fourth-order valence-corrected chi connectivity index (χ4v) is 3.03. The Bertz CT molecular complexity index is 450. The summed E-state index contributed by atoms with van der Waals surface area (Å²) in [5, 5.41) is 3.52. The van der Waals surface area contributed by atoms with Crippen molar-refractivity contribution in [3.05, 3.63) is 35.4 Å². The molecule has 0 spiro atoms. The van der Waals surface area contributed by atoms with Crippen molar-refractivity contribution < 1.29 is 8.78 Å². The Kier molecular flexibility index (Phi) is 5.11. The average Bonchev–Trinajstić information content (AvgIpc) is 2.48. The highest BCUT2D eigenvalue weighted by Gasteiger charge is 2.31. The summed E-state index contributed by atoms with van der Waals surface area (Å²) < 4.78 is 27.4. The molecular formula is C16H24F2N2. The van der Waals surface area contributed by atoms with Gasteiger partial charge in [0.25, 0.3) is 0 Å². The van der Waals surface area contributed by atoms with Gasteiger partial charge < -0.3 is 5.32 Å². The lowest BCUT2D eigenvalue weighted by Crippen LogP contribution is -2.56. The first-order valence-electron chi connectivity index (χ1n) is 7.50. The molecule has 3 atom stereocenters. The second-order valence-corrected chi connectivity index (χ2v) is 5.61. The largest absolute Gasteiger partial charge is 0.311 e. The molecule has 0 bridgehead atoms. The van der Waals surface area contributed by atoms with Crippen LogP contribution >= 0.6 is 0 Å².